The Labute approximate surface area is 329 Å². The molecule has 20 heteroatoms. The van der Waals surface area contributed by atoms with Crippen LogP contribution in [0.5, 0.6) is 0 Å². The lowest BCUT2D eigenvalue weighted by atomic mass is 9.91. The highest BCUT2D eigenvalue weighted by molar-refractivity contribution is 5.87. The fraction of sp³-hybridized carbons (Fsp3) is 0.784. The quantitative estimate of drug-likeness (QED) is 0.0494. The van der Waals surface area contributed by atoms with E-state index in [0.29, 0.717) is 12.3 Å². The van der Waals surface area contributed by atoms with Gasteiger partial charge in [-0.1, -0.05) is 58.4 Å². The Morgan fingerprint density at radius 2 is 1.44 bits per heavy atom. The molecule has 15 atom stereocenters. The molecule has 4 heterocycles. The molecular weight excluding hydrogens is 756 g/mol. The molecule has 2 amide bonds. The minimum Gasteiger partial charge on any atom is -0.394 e. The smallest absolute Gasteiger partial charge is 0.330 e. The molecule has 0 saturated carbocycles. The van der Waals surface area contributed by atoms with Crippen LogP contribution in [0.15, 0.2) is 34.0 Å². The van der Waals surface area contributed by atoms with Crippen LogP contribution in [0.25, 0.3) is 0 Å². The second-order valence-corrected chi connectivity index (χ2v) is 15.4. The van der Waals surface area contributed by atoms with E-state index in [2.05, 4.69) is 24.5 Å². The van der Waals surface area contributed by atoms with Crippen molar-refractivity contribution in [1.82, 2.24) is 20.2 Å². The van der Waals surface area contributed by atoms with Crippen LogP contribution in [0.4, 0.5) is 0 Å². The molecular formula is C37H60N4O16. The normalized spacial score (nSPS) is 35.1. The molecule has 0 spiro atoms. The molecule has 0 aromatic carbocycles. The van der Waals surface area contributed by atoms with Gasteiger partial charge in [0.1, 0.15) is 60.9 Å². The van der Waals surface area contributed by atoms with E-state index in [1.54, 1.807) is 6.08 Å². The first-order chi connectivity index (χ1) is 27.0. The van der Waals surface area contributed by atoms with E-state index in [9.17, 15) is 60.0 Å². The topological polar surface area (TPSA) is 312 Å². The monoisotopic (exact) mass is 816 g/mol. The molecule has 1 aromatic heterocycles. The number of hydrogen-bond donors (Lipinski definition) is 11. The predicted octanol–water partition coefficient (Wildman–Crippen LogP) is -2.87. The van der Waals surface area contributed by atoms with Crippen molar-refractivity contribution >= 4 is 11.8 Å². The zero-order valence-electron chi connectivity index (χ0n) is 32.4. The van der Waals surface area contributed by atoms with Crippen LogP contribution in [0.1, 0.15) is 84.8 Å². The zero-order chi connectivity index (χ0) is 42.0. The number of H-pyrrole nitrogens is 1. The molecule has 3 fully saturated rings. The summed E-state index contributed by atoms with van der Waals surface area (Å²) in [5.74, 6) is -0.665. The number of aromatic nitrogens is 2. The molecule has 3 aliphatic heterocycles. The Hall–Kier alpha value is -3.12. The molecule has 324 valence electrons. The maximum Gasteiger partial charge on any atom is 0.330 e. The van der Waals surface area contributed by atoms with Gasteiger partial charge in [0.25, 0.3) is 5.56 Å². The SMILES string of the molecule is CC(=O)N[C@H]1[C@@H](O[C@@H]2O[C@H](C[C@@H](O)[C@H]3O[C@@H](n4ccc(=O)[nH]c4=O)[C@H](O)[C@@H]3O)[C@H](O)[C@H](O)[C@H]2NC(=O)C=CCCCCCCCCC(C)C)O[C@H](CO)[C@@H](O)[C@@H]1O. The number of aromatic amines is 1. The summed E-state index contributed by atoms with van der Waals surface area (Å²) >= 11 is 0. The number of unbranched alkanes of at least 4 members (excludes halogenated alkanes) is 6. The molecule has 57 heavy (non-hydrogen) atoms. The van der Waals surface area contributed by atoms with E-state index in [0.717, 1.165) is 49.4 Å². The highest BCUT2D eigenvalue weighted by Crippen LogP contribution is 2.34. The van der Waals surface area contributed by atoms with Crippen LogP contribution >= 0.6 is 0 Å². The van der Waals surface area contributed by atoms with E-state index >= 15 is 0 Å². The number of ether oxygens (including phenoxy) is 4. The van der Waals surface area contributed by atoms with Crippen LogP contribution in [-0.2, 0) is 28.5 Å². The van der Waals surface area contributed by atoms with Gasteiger partial charge in [0.15, 0.2) is 18.8 Å². The van der Waals surface area contributed by atoms with E-state index in [-0.39, 0.29) is 0 Å². The molecule has 0 radical (unpaired) electrons. The number of carbonyl (C=O) groups is 2. The van der Waals surface area contributed by atoms with Crippen molar-refractivity contribution in [2.45, 2.75) is 170 Å². The van der Waals surface area contributed by atoms with E-state index in [1.807, 2.05) is 4.98 Å². The average molecular weight is 817 g/mol. The average Bonchev–Trinajstić information content (AvgIpc) is 3.45. The third-order valence-electron chi connectivity index (χ3n) is 10.5. The molecule has 20 nitrogen and oxygen atoms in total. The van der Waals surface area contributed by atoms with Crippen molar-refractivity contribution < 1.29 is 69.4 Å². The number of amides is 2. The van der Waals surface area contributed by atoms with Crippen LogP contribution in [0.2, 0.25) is 0 Å². The van der Waals surface area contributed by atoms with Crippen LogP contribution in [0, 0.1) is 5.92 Å². The first kappa shape index (κ1) is 46.6. The van der Waals surface area contributed by atoms with Crippen molar-refractivity contribution in [2.75, 3.05) is 6.61 Å². The molecule has 0 unspecified atom stereocenters. The third-order valence-corrected chi connectivity index (χ3v) is 10.5. The summed E-state index contributed by atoms with van der Waals surface area (Å²) in [6.45, 7) is 4.75. The number of carbonyl (C=O) groups excluding carboxylic acids is 2. The number of nitrogens with one attached hydrogen (secondary N) is 3. The summed E-state index contributed by atoms with van der Waals surface area (Å²) in [4.78, 5) is 51.0. The summed E-state index contributed by atoms with van der Waals surface area (Å²) in [7, 11) is 0. The fourth-order valence-corrected chi connectivity index (χ4v) is 7.27. The van der Waals surface area contributed by atoms with Gasteiger partial charge in [-0.05, 0) is 24.8 Å². The first-order valence-electron chi connectivity index (χ1n) is 19.6. The molecule has 4 rings (SSSR count). The Bertz CT molecular complexity index is 1570. The zero-order valence-corrected chi connectivity index (χ0v) is 32.4. The Kier molecular flexibility index (Phi) is 17.8. The van der Waals surface area contributed by atoms with Crippen LogP contribution < -0.4 is 21.9 Å². The van der Waals surface area contributed by atoms with Gasteiger partial charge in [-0.15, -0.1) is 0 Å². The summed E-state index contributed by atoms with van der Waals surface area (Å²) in [5, 5.41) is 91.3. The molecule has 3 aliphatic rings. The maximum atomic E-state index is 13.1. The molecule has 0 aliphatic carbocycles. The van der Waals surface area contributed by atoms with Gasteiger partial charge in [0.2, 0.25) is 11.8 Å². The minimum absolute atomic E-state index is 0.598. The second kappa shape index (κ2) is 21.8. The predicted molar refractivity (Wildman–Crippen MR) is 198 cm³/mol. The minimum atomic E-state index is -1.85. The van der Waals surface area contributed by atoms with Crippen molar-refractivity contribution in [3.8, 4) is 0 Å². The van der Waals surface area contributed by atoms with Crippen molar-refractivity contribution in [3.63, 3.8) is 0 Å². The summed E-state index contributed by atoms with van der Waals surface area (Å²) in [6.07, 6.45) is -10.3. The molecule has 1 aromatic rings. The molecule has 11 N–H and O–H groups in total. The summed E-state index contributed by atoms with van der Waals surface area (Å²) in [6, 6.07) is -2.01. The third kappa shape index (κ3) is 12.4. The summed E-state index contributed by atoms with van der Waals surface area (Å²) < 4.78 is 24.1. The van der Waals surface area contributed by atoms with Gasteiger partial charge < -0.3 is 70.4 Å². The van der Waals surface area contributed by atoms with Gasteiger partial charge in [-0.3, -0.25) is 23.9 Å². The Balaban J connectivity index is 1.48. The lowest BCUT2D eigenvalue weighted by Crippen LogP contribution is -2.68. The van der Waals surface area contributed by atoms with Gasteiger partial charge in [0, 0.05) is 25.6 Å². The lowest BCUT2D eigenvalue weighted by molar-refractivity contribution is -0.346. The van der Waals surface area contributed by atoms with Crippen LogP contribution in [-0.4, -0.2) is 155 Å². The number of aliphatic hydroxyl groups excluding tert-OH is 8. The van der Waals surface area contributed by atoms with Crippen molar-refractivity contribution in [3.05, 3.63) is 45.3 Å². The summed E-state index contributed by atoms with van der Waals surface area (Å²) in [5.41, 5.74) is -1.68. The molecule has 0 bridgehead atoms. The number of rotatable bonds is 19. The molecule has 3 saturated heterocycles. The van der Waals surface area contributed by atoms with Crippen molar-refractivity contribution in [1.29, 1.82) is 0 Å². The van der Waals surface area contributed by atoms with Crippen molar-refractivity contribution in [2.24, 2.45) is 5.92 Å². The largest absolute Gasteiger partial charge is 0.394 e. The van der Waals surface area contributed by atoms with Gasteiger partial charge in [0.05, 0.1) is 18.8 Å². The number of aliphatic hydroxyl groups is 8. The highest BCUT2D eigenvalue weighted by atomic mass is 16.8. The van der Waals surface area contributed by atoms with Gasteiger partial charge >= 0.3 is 5.69 Å². The first-order valence-corrected chi connectivity index (χ1v) is 19.6. The van der Waals surface area contributed by atoms with E-state index in [1.165, 1.54) is 25.3 Å². The number of nitrogens with zero attached hydrogens (tertiary/aromatic N) is 1. The van der Waals surface area contributed by atoms with E-state index < -0.39 is 128 Å². The lowest BCUT2D eigenvalue weighted by Gasteiger charge is -2.47. The Morgan fingerprint density at radius 3 is 2.05 bits per heavy atom. The Morgan fingerprint density at radius 1 is 0.842 bits per heavy atom. The highest BCUT2D eigenvalue weighted by Gasteiger charge is 2.53. The van der Waals surface area contributed by atoms with E-state index in [4.69, 9.17) is 18.9 Å². The van der Waals surface area contributed by atoms with Gasteiger partial charge in [-0.2, -0.15) is 0 Å². The second-order valence-electron chi connectivity index (χ2n) is 15.4. The number of allylic oxidation sites excluding steroid dienone is 1. The standard InChI is InChI=1S/C37H60N4O16/c1-18(2)12-10-8-6-4-5-7-9-11-13-23(45)39-26-30(50)27(47)21(54-36(26)57-35-25(38-19(3)43)29(49)28(48)22(17-42)55-35)16-20(44)33-31(51)32(52)34(56-33)41-15-14-24(46)40-37(41)53/h11,13-15,18,20-22,25-36,42,44,47-52H,4-10,12,16-17H2,1-3H3,(H,38,43)(H,39,45)(H,40,46,53)/t20-,21-,22-,25-,26-,27+,28-,29-,30-,31+,32-,33-,34-,35-,36+/m1/s1. The number of hydrogen-bond acceptors (Lipinski definition) is 16. The maximum absolute atomic E-state index is 13.1. The van der Waals surface area contributed by atoms with Crippen LogP contribution in [0.3, 0.4) is 0 Å². The van der Waals surface area contributed by atoms with Gasteiger partial charge in [-0.25, -0.2) is 4.79 Å². The fourth-order valence-electron chi connectivity index (χ4n) is 7.27.